The van der Waals surface area contributed by atoms with Crippen molar-refractivity contribution in [1.29, 1.82) is 0 Å². The van der Waals surface area contributed by atoms with Crippen LogP contribution in [-0.2, 0) is 24.4 Å². The van der Waals surface area contributed by atoms with Crippen LogP contribution in [0.4, 0.5) is 0 Å². The maximum atomic E-state index is 14.0. The number of carboxylic acids is 1. The second-order valence-corrected chi connectivity index (χ2v) is 14.3. The Morgan fingerprint density at radius 2 is 1.77 bits per heavy atom. The number of nitrogens with zero attached hydrogens (tertiary/aromatic N) is 2. The summed E-state index contributed by atoms with van der Waals surface area (Å²) in [7, 11) is 0. The second kappa shape index (κ2) is 10.7. The first-order valence-electron chi connectivity index (χ1n) is 13.0. The molecule has 9 heteroatoms. The second-order valence-electron chi connectivity index (χ2n) is 11.6. The third-order valence-corrected chi connectivity index (χ3v) is 9.25. The van der Waals surface area contributed by atoms with E-state index in [1.807, 2.05) is 74.7 Å². The minimum atomic E-state index is -1.09. The highest BCUT2D eigenvalue weighted by Gasteiger charge is 2.35. The summed E-state index contributed by atoms with van der Waals surface area (Å²) >= 11 is 9.41. The number of aliphatic carboxylic acids is 1. The number of carbonyl (C=O) groups excluding carboxylic acids is 1. The first kappa shape index (κ1) is 28.3. The van der Waals surface area contributed by atoms with E-state index in [9.17, 15) is 14.7 Å². The number of hydrogen-bond donors (Lipinski definition) is 1. The van der Waals surface area contributed by atoms with Crippen molar-refractivity contribution in [2.75, 3.05) is 0 Å². The summed E-state index contributed by atoms with van der Waals surface area (Å²) in [4.78, 5) is 30.9. The lowest BCUT2D eigenvalue weighted by atomic mass is 9.81. The summed E-state index contributed by atoms with van der Waals surface area (Å²) in [6, 6.07) is 15.3. The highest BCUT2D eigenvalue weighted by molar-refractivity contribution is 7.37. The number of hydrogen-bond acceptors (Lipinski definition) is 6. The van der Waals surface area contributed by atoms with Crippen LogP contribution in [-0.4, -0.2) is 26.4 Å². The number of Topliss-reactive ketones (excluding diaryl/α,β-unsaturated/α-hetero) is 1. The maximum absolute atomic E-state index is 14.0. The third kappa shape index (κ3) is 5.66. The highest BCUT2D eigenvalue weighted by atomic mass is 35.5. The lowest BCUT2D eigenvalue weighted by molar-refractivity contribution is -0.146. The molecule has 3 aromatic heterocycles. The Morgan fingerprint density at radius 3 is 2.42 bits per heavy atom. The van der Waals surface area contributed by atoms with Gasteiger partial charge in [-0.05, 0) is 61.2 Å². The zero-order valence-corrected chi connectivity index (χ0v) is 25.5. The van der Waals surface area contributed by atoms with Crippen LogP contribution in [0.1, 0.15) is 61.2 Å². The Hall–Kier alpha value is -3.20. The summed E-state index contributed by atoms with van der Waals surface area (Å²) in [5.41, 5.74) is 2.31. The minimum absolute atomic E-state index is 0.0409. The van der Waals surface area contributed by atoms with E-state index in [1.54, 1.807) is 36.5 Å². The van der Waals surface area contributed by atoms with Crippen molar-refractivity contribution in [3.63, 3.8) is 0 Å². The molecule has 0 aliphatic heterocycles. The van der Waals surface area contributed by atoms with Crippen LogP contribution in [0.15, 0.2) is 53.9 Å². The lowest BCUT2D eigenvalue weighted by Crippen LogP contribution is -2.29. The van der Waals surface area contributed by atoms with Gasteiger partial charge >= 0.3 is 5.97 Å². The molecule has 0 saturated carbocycles. The van der Waals surface area contributed by atoms with Gasteiger partial charge in [0.25, 0.3) is 0 Å². The number of ketones is 1. The van der Waals surface area contributed by atoms with Gasteiger partial charge in [0.05, 0.1) is 10.9 Å². The van der Waals surface area contributed by atoms with Gasteiger partial charge in [-0.15, -0.1) is 22.7 Å². The molecule has 0 radical (unpaired) electrons. The van der Waals surface area contributed by atoms with Crippen LogP contribution in [0, 0.1) is 10.8 Å². The monoisotopic (exact) mass is 594 g/mol. The average molecular weight is 595 g/mol. The van der Waals surface area contributed by atoms with E-state index >= 15 is 0 Å². The van der Waals surface area contributed by atoms with Crippen molar-refractivity contribution in [3.8, 4) is 5.75 Å². The molecule has 6 nitrogen and oxygen atoms in total. The molecule has 0 aliphatic carbocycles. The van der Waals surface area contributed by atoms with Gasteiger partial charge in [-0.3, -0.25) is 9.59 Å². The molecule has 3 heterocycles. The topological polar surface area (TPSA) is 81.4 Å². The van der Waals surface area contributed by atoms with Crippen molar-refractivity contribution in [1.82, 2.24) is 9.55 Å². The number of carboxylic acid groups (broad SMARTS) is 1. The van der Waals surface area contributed by atoms with Crippen LogP contribution in [0.25, 0.3) is 20.4 Å². The van der Waals surface area contributed by atoms with E-state index in [2.05, 4.69) is 9.55 Å². The van der Waals surface area contributed by atoms with Crippen molar-refractivity contribution >= 4 is 66.5 Å². The van der Waals surface area contributed by atoms with Crippen LogP contribution in [0.2, 0.25) is 5.02 Å². The fourth-order valence-electron chi connectivity index (χ4n) is 4.65. The SMILES string of the molecule is CC(C)(C)C(=O)c1c(CC(C)(C)C(=O)O)n(Cc2ccc(Cl)cc2)c2ccc(OCc3nc4ccsc4s3)cc12. The smallest absolute Gasteiger partial charge is 0.309 e. The number of benzene rings is 2. The van der Waals surface area contributed by atoms with E-state index in [4.69, 9.17) is 16.3 Å². The molecule has 1 N–H and O–H groups in total. The first-order chi connectivity index (χ1) is 18.8. The number of carbonyl (C=O) groups is 2. The van der Waals surface area contributed by atoms with Crippen LogP contribution < -0.4 is 4.74 Å². The summed E-state index contributed by atoms with van der Waals surface area (Å²) in [6.45, 7) is 9.84. The predicted octanol–water partition coefficient (Wildman–Crippen LogP) is 8.48. The van der Waals surface area contributed by atoms with E-state index < -0.39 is 16.8 Å². The van der Waals surface area contributed by atoms with Crippen molar-refractivity contribution in [3.05, 3.63) is 80.8 Å². The van der Waals surface area contributed by atoms with Gasteiger partial charge < -0.3 is 14.4 Å². The van der Waals surface area contributed by atoms with Gasteiger partial charge in [0.15, 0.2) is 5.78 Å². The Morgan fingerprint density at radius 1 is 1.05 bits per heavy atom. The Bertz CT molecular complexity index is 1690. The molecule has 40 heavy (non-hydrogen) atoms. The van der Waals surface area contributed by atoms with E-state index in [0.717, 1.165) is 31.0 Å². The molecule has 2 aromatic carbocycles. The van der Waals surface area contributed by atoms with Gasteiger partial charge in [-0.1, -0.05) is 44.5 Å². The molecule has 5 rings (SSSR count). The number of ether oxygens (including phenoxy) is 1. The highest BCUT2D eigenvalue weighted by Crippen LogP contribution is 2.38. The molecule has 0 fully saturated rings. The van der Waals surface area contributed by atoms with Crippen molar-refractivity contribution in [2.45, 2.75) is 54.2 Å². The van der Waals surface area contributed by atoms with Gasteiger partial charge in [0.1, 0.15) is 21.4 Å². The predicted molar refractivity (Wildman–Crippen MR) is 163 cm³/mol. The standard InChI is InChI=1S/C31H31ClN2O4S2/c1-30(2,3)27(35)26-21-14-20(38-17-25-33-22-12-13-39-28(22)40-25)10-11-23(21)34(16-18-6-8-19(32)9-7-18)24(26)15-31(4,5)29(36)37/h6-14H,15-17H2,1-5H3,(H,36,37). The van der Waals surface area contributed by atoms with Gasteiger partial charge in [-0.2, -0.15) is 0 Å². The normalized spacial score (nSPS) is 12.3. The fraction of sp³-hybridized carbons (Fsp3) is 0.323. The fourth-order valence-corrected chi connectivity index (χ4v) is 6.68. The van der Waals surface area contributed by atoms with Gasteiger partial charge in [0, 0.05) is 45.6 Å². The Balaban J connectivity index is 1.64. The van der Waals surface area contributed by atoms with Gasteiger partial charge in [-0.25, -0.2) is 4.98 Å². The molecule has 0 saturated heterocycles. The molecule has 0 aliphatic rings. The number of thiophene rings is 1. The number of thiazole rings is 1. The summed E-state index contributed by atoms with van der Waals surface area (Å²) in [5.74, 6) is -0.333. The van der Waals surface area contributed by atoms with Crippen molar-refractivity contribution < 1.29 is 19.4 Å². The average Bonchev–Trinajstić information content (AvgIpc) is 3.55. The molecular formula is C31H31ClN2O4S2. The molecule has 208 valence electrons. The Labute approximate surface area is 246 Å². The number of aromatic nitrogens is 2. The van der Waals surface area contributed by atoms with Crippen LogP contribution in [0.5, 0.6) is 5.75 Å². The van der Waals surface area contributed by atoms with E-state index in [0.29, 0.717) is 35.2 Å². The quantitative estimate of drug-likeness (QED) is 0.173. The van der Waals surface area contributed by atoms with Crippen LogP contribution >= 0.6 is 34.3 Å². The maximum Gasteiger partial charge on any atom is 0.309 e. The van der Waals surface area contributed by atoms with Crippen LogP contribution in [0.3, 0.4) is 0 Å². The molecular weight excluding hydrogens is 564 g/mol. The molecule has 5 aromatic rings. The Kier molecular flexibility index (Phi) is 7.54. The molecule has 0 atom stereocenters. The summed E-state index contributed by atoms with van der Waals surface area (Å²) < 4.78 is 9.40. The van der Waals surface area contributed by atoms with Gasteiger partial charge in [0.2, 0.25) is 0 Å². The lowest BCUT2D eigenvalue weighted by Gasteiger charge is -2.24. The molecule has 0 amide bonds. The van der Waals surface area contributed by atoms with E-state index in [-0.39, 0.29) is 12.2 Å². The zero-order chi connectivity index (χ0) is 28.8. The summed E-state index contributed by atoms with van der Waals surface area (Å²) in [6.07, 6.45) is 0.188. The van der Waals surface area contributed by atoms with Crippen molar-refractivity contribution in [2.24, 2.45) is 10.8 Å². The first-order valence-corrected chi connectivity index (χ1v) is 15.0. The number of fused-ring (bicyclic) bond motifs is 2. The third-order valence-electron chi connectivity index (χ3n) is 6.92. The summed E-state index contributed by atoms with van der Waals surface area (Å²) in [5, 5.41) is 14.3. The zero-order valence-electron chi connectivity index (χ0n) is 23.1. The number of halogens is 1. The van der Waals surface area contributed by atoms with E-state index in [1.165, 1.54) is 0 Å². The molecule has 0 bridgehead atoms. The number of rotatable bonds is 9. The molecule has 0 unspecified atom stereocenters. The molecule has 0 spiro atoms. The largest absolute Gasteiger partial charge is 0.486 e. The minimum Gasteiger partial charge on any atom is -0.486 e.